The second-order valence-electron chi connectivity index (χ2n) is 7.21. The van der Waals surface area contributed by atoms with Crippen LogP contribution >= 0.6 is 0 Å². The van der Waals surface area contributed by atoms with Gasteiger partial charge in [-0.3, -0.25) is 10.00 Å². The lowest BCUT2D eigenvalue weighted by atomic mass is 9.89. The average Bonchev–Trinajstić information content (AvgIpc) is 3.25. The van der Waals surface area contributed by atoms with E-state index in [2.05, 4.69) is 37.4 Å². The van der Waals surface area contributed by atoms with E-state index < -0.39 is 5.60 Å². The number of rotatable bonds is 5. The van der Waals surface area contributed by atoms with E-state index in [4.69, 9.17) is 0 Å². The van der Waals surface area contributed by atoms with Gasteiger partial charge in [0, 0.05) is 32.1 Å². The molecule has 0 spiro atoms. The highest BCUT2D eigenvalue weighted by molar-refractivity contribution is 5.62. The number of nitrogens with zero attached hydrogens (tertiary/aromatic N) is 5. The lowest BCUT2D eigenvalue weighted by Gasteiger charge is -2.39. The first-order valence-electron chi connectivity index (χ1n) is 8.98. The number of hydrogen-bond donors (Lipinski definition) is 2. The number of aromatic amines is 1. The fourth-order valence-corrected chi connectivity index (χ4v) is 3.77. The highest BCUT2D eigenvalue weighted by Gasteiger charge is 2.35. The van der Waals surface area contributed by atoms with Gasteiger partial charge in [-0.25, -0.2) is 0 Å². The van der Waals surface area contributed by atoms with Gasteiger partial charge < -0.3 is 9.67 Å². The molecule has 7 nitrogen and oxygen atoms in total. The van der Waals surface area contributed by atoms with Crippen LogP contribution in [0.1, 0.15) is 24.2 Å². The Balaban J connectivity index is 1.48. The zero-order chi connectivity index (χ0) is 18.0. The van der Waals surface area contributed by atoms with Crippen molar-refractivity contribution < 1.29 is 5.11 Å². The van der Waals surface area contributed by atoms with Gasteiger partial charge in [0.15, 0.2) is 0 Å². The number of aromatic nitrogens is 5. The summed E-state index contributed by atoms with van der Waals surface area (Å²) in [6, 6.07) is 10.2. The lowest BCUT2D eigenvalue weighted by molar-refractivity contribution is -0.0344. The molecule has 0 amide bonds. The van der Waals surface area contributed by atoms with Gasteiger partial charge in [0.2, 0.25) is 0 Å². The van der Waals surface area contributed by atoms with Crippen LogP contribution in [0.15, 0.2) is 42.9 Å². The molecule has 7 heteroatoms. The number of hydrogen-bond acceptors (Lipinski definition) is 5. The van der Waals surface area contributed by atoms with E-state index in [0.717, 1.165) is 48.6 Å². The second-order valence-corrected chi connectivity index (χ2v) is 7.21. The Labute approximate surface area is 152 Å². The van der Waals surface area contributed by atoms with Crippen LogP contribution in [0.25, 0.3) is 11.3 Å². The van der Waals surface area contributed by atoms with E-state index in [0.29, 0.717) is 13.0 Å². The minimum Gasteiger partial charge on any atom is -0.388 e. The van der Waals surface area contributed by atoms with Crippen LogP contribution in [-0.4, -0.2) is 53.7 Å². The molecule has 1 fully saturated rings. The van der Waals surface area contributed by atoms with Crippen molar-refractivity contribution in [3.8, 4) is 11.3 Å². The molecular weight excluding hydrogens is 328 g/mol. The van der Waals surface area contributed by atoms with Crippen molar-refractivity contribution in [1.82, 2.24) is 29.9 Å². The average molecular weight is 352 g/mol. The Morgan fingerprint density at radius 3 is 2.88 bits per heavy atom. The van der Waals surface area contributed by atoms with E-state index in [9.17, 15) is 5.11 Å². The Bertz CT molecular complexity index is 858. The van der Waals surface area contributed by atoms with Crippen LogP contribution in [0.4, 0.5) is 0 Å². The summed E-state index contributed by atoms with van der Waals surface area (Å²) in [6.45, 7) is 2.36. The molecule has 3 heterocycles. The summed E-state index contributed by atoms with van der Waals surface area (Å²) in [6.07, 6.45) is 5.84. The van der Waals surface area contributed by atoms with Crippen LogP contribution in [0.3, 0.4) is 0 Å². The SMILES string of the molecule is Cn1cnnc1CC1(O)CCCN(Cc2cn[nH]c2-c2ccccc2)C1. The van der Waals surface area contributed by atoms with E-state index in [-0.39, 0.29) is 0 Å². The number of likely N-dealkylation sites (tertiary alicyclic amines) is 1. The van der Waals surface area contributed by atoms with Crippen LogP contribution in [0.2, 0.25) is 0 Å². The summed E-state index contributed by atoms with van der Waals surface area (Å²) in [7, 11) is 1.91. The first-order valence-corrected chi connectivity index (χ1v) is 8.98. The fourth-order valence-electron chi connectivity index (χ4n) is 3.77. The smallest absolute Gasteiger partial charge is 0.135 e. The third kappa shape index (κ3) is 3.54. The molecule has 0 bridgehead atoms. The van der Waals surface area contributed by atoms with E-state index in [1.54, 1.807) is 6.33 Å². The van der Waals surface area contributed by atoms with Gasteiger partial charge in [-0.2, -0.15) is 5.10 Å². The van der Waals surface area contributed by atoms with Crippen LogP contribution in [-0.2, 0) is 20.0 Å². The van der Waals surface area contributed by atoms with Crippen molar-refractivity contribution in [3.63, 3.8) is 0 Å². The summed E-state index contributed by atoms with van der Waals surface area (Å²) in [4.78, 5) is 2.30. The minimum atomic E-state index is -0.768. The molecular formula is C19H24N6O. The molecule has 136 valence electrons. The topological polar surface area (TPSA) is 82.9 Å². The molecule has 2 N–H and O–H groups in total. The molecule has 0 radical (unpaired) electrons. The Kier molecular flexibility index (Phi) is 4.57. The molecule has 1 aliphatic rings. The number of aryl methyl sites for hydroxylation is 1. The molecule has 1 saturated heterocycles. The van der Waals surface area contributed by atoms with Crippen LogP contribution in [0, 0.1) is 0 Å². The van der Waals surface area contributed by atoms with Gasteiger partial charge in [0.25, 0.3) is 0 Å². The van der Waals surface area contributed by atoms with Crippen molar-refractivity contribution in [1.29, 1.82) is 0 Å². The first kappa shape index (κ1) is 16.9. The second kappa shape index (κ2) is 7.01. The van der Waals surface area contributed by atoms with Crippen molar-refractivity contribution in [2.75, 3.05) is 13.1 Å². The first-order chi connectivity index (χ1) is 12.6. The normalized spacial score (nSPS) is 21.2. The van der Waals surface area contributed by atoms with Gasteiger partial charge in [-0.05, 0) is 24.9 Å². The number of H-pyrrole nitrogens is 1. The van der Waals surface area contributed by atoms with Crippen LogP contribution in [0.5, 0.6) is 0 Å². The molecule has 1 atom stereocenters. The molecule has 0 saturated carbocycles. The monoisotopic (exact) mass is 352 g/mol. The minimum absolute atomic E-state index is 0.525. The van der Waals surface area contributed by atoms with Crippen molar-refractivity contribution in [2.24, 2.45) is 7.05 Å². The highest BCUT2D eigenvalue weighted by Crippen LogP contribution is 2.28. The van der Waals surface area contributed by atoms with E-state index in [1.807, 2.05) is 36.0 Å². The standard InChI is InChI=1S/C19H24N6O/c1-24-14-21-22-17(24)10-19(26)8-5-9-25(13-19)12-16-11-20-23-18(16)15-6-3-2-4-7-15/h2-4,6-7,11,14,26H,5,8-10,12-13H2,1H3,(H,20,23). The van der Waals surface area contributed by atoms with Crippen molar-refractivity contribution in [3.05, 3.63) is 54.2 Å². The van der Waals surface area contributed by atoms with Crippen LogP contribution < -0.4 is 0 Å². The Hall–Kier alpha value is -2.51. The summed E-state index contributed by atoms with van der Waals surface area (Å²) in [5.41, 5.74) is 2.56. The summed E-state index contributed by atoms with van der Waals surface area (Å²) >= 11 is 0. The molecule has 1 aromatic carbocycles. The molecule has 2 aromatic heterocycles. The summed E-state index contributed by atoms with van der Waals surface area (Å²) in [5.74, 6) is 0.822. The molecule has 3 aromatic rings. The molecule has 26 heavy (non-hydrogen) atoms. The van der Waals surface area contributed by atoms with Crippen molar-refractivity contribution >= 4 is 0 Å². The van der Waals surface area contributed by atoms with Gasteiger partial charge in [0.1, 0.15) is 12.2 Å². The molecule has 1 aliphatic heterocycles. The highest BCUT2D eigenvalue weighted by atomic mass is 16.3. The third-order valence-corrected chi connectivity index (χ3v) is 5.10. The lowest BCUT2D eigenvalue weighted by Crippen LogP contribution is -2.49. The zero-order valence-electron chi connectivity index (χ0n) is 15.0. The van der Waals surface area contributed by atoms with Crippen molar-refractivity contribution in [2.45, 2.75) is 31.4 Å². The van der Waals surface area contributed by atoms with E-state index >= 15 is 0 Å². The predicted molar refractivity (Wildman–Crippen MR) is 98.2 cm³/mol. The van der Waals surface area contributed by atoms with Gasteiger partial charge in [-0.1, -0.05) is 30.3 Å². The van der Waals surface area contributed by atoms with E-state index in [1.165, 1.54) is 0 Å². The van der Waals surface area contributed by atoms with Gasteiger partial charge in [-0.15, -0.1) is 10.2 Å². The maximum atomic E-state index is 11.1. The summed E-state index contributed by atoms with van der Waals surface area (Å²) < 4.78 is 1.88. The van der Waals surface area contributed by atoms with Gasteiger partial charge >= 0.3 is 0 Å². The third-order valence-electron chi connectivity index (χ3n) is 5.10. The maximum Gasteiger partial charge on any atom is 0.135 e. The number of β-amino-alcohol motifs (C(OH)–C–C–N with tert-alkyl or cyclic N) is 1. The Morgan fingerprint density at radius 2 is 2.12 bits per heavy atom. The number of piperidine rings is 1. The number of benzene rings is 1. The maximum absolute atomic E-state index is 11.1. The zero-order valence-corrected chi connectivity index (χ0v) is 15.0. The number of nitrogens with one attached hydrogen (secondary N) is 1. The molecule has 4 rings (SSSR count). The van der Waals surface area contributed by atoms with Gasteiger partial charge in [0.05, 0.1) is 17.5 Å². The molecule has 0 aliphatic carbocycles. The predicted octanol–water partition coefficient (Wildman–Crippen LogP) is 1.77. The number of aliphatic hydroxyl groups is 1. The largest absolute Gasteiger partial charge is 0.388 e. The fraction of sp³-hybridized carbons (Fsp3) is 0.421. The quantitative estimate of drug-likeness (QED) is 0.731. The summed E-state index contributed by atoms with van der Waals surface area (Å²) in [5, 5.41) is 26.5. The Morgan fingerprint density at radius 1 is 1.27 bits per heavy atom. The molecule has 1 unspecified atom stereocenters.